The Morgan fingerprint density at radius 3 is 2.93 bits per heavy atom. The number of halogens is 1. The Balaban J connectivity index is 2.02. The van der Waals surface area contributed by atoms with E-state index in [1.165, 1.54) is 5.56 Å². The van der Waals surface area contributed by atoms with Crippen molar-refractivity contribution in [3.63, 3.8) is 0 Å². The van der Waals surface area contributed by atoms with Crippen molar-refractivity contribution < 1.29 is 4.74 Å². The van der Waals surface area contributed by atoms with E-state index in [0.717, 1.165) is 30.2 Å². The SMILES string of the molecule is Cc1cc(C23CNC(CO2)C3)ccc1Cl. The molecular formula is C12H14ClNO. The molecule has 2 unspecified atom stereocenters. The molecule has 0 saturated carbocycles. The van der Waals surface area contributed by atoms with Crippen molar-refractivity contribution in [1.82, 2.24) is 5.32 Å². The number of hydrogen-bond acceptors (Lipinski definition) is 2. The van der Waals surface area contributed by atoms with E-state index in [2.05, 4.69) is 17.4 Å². The third-order valence-electron chi connectivity index (χ3n) is 3.50. The molecular weight excluding hydrogens is 210 g/mol. The molecule has 0 spiro atoms. The van der Waals surface area contributed by atoms with Gasteiger partial charge in [-0.1, -0.05) is 23.7 Å². The van der Waals surface area contributed by atoms with Crippen LogP contribution in [0.25, 0.3) is 0 Å². The van der Waals surface area contributed by atoms with Crippen LogP contribution in [0.4, 0.5) is 0 Å². The second-order valence-electron chi connectivity index (χ2n) is 4.55. The Labute approximate surface area is 94.6 Å². The van der Waals surface area contributed by atoms with Crippen molar-refractivity contribution in [2.75, 3.05) is 13.2 Å². The van der Waals surface area contributed by atoms with Gasteiger partial charge in [0.05, 0.1) is 6.61 Å². The van der Waals surface area contributed by atoms with Gasteiger partial charge in [0.1, 0.15) is 5.60 Å². The Bertz CT molecular complexity index is 397. The highest BCUT2D eigenvalue weighted by Gasteiger charge is 2.47. The van der Waals surface area contributed by atoms with E-state index < -0.39 is 0 Å². The van der Waals surface area contributed by atoms with Crippen molar-refractivity contribution in [2.24, 2.45) is 0 Å². The number of fused-ring (bicyclic) bond motifs is 2. The maximum absolute atomic E-state index is 6.03. The molecule has 2 aliphatic heterocycles. The predicted octanol–water partition coefficient (Wildman–Crippen LogP) is 2.24. The number of nitrogens with one attached hydrogen (secondary N) is 1. The fraction of sp³-hybridized carbons (Fsp3) is 0.500. The van der Waals surface area contributed by atoms with E-state index in [1.54, 1.807) is 0 Å². The Morgan fingerprint density at radius 1 is 1.53 bits per heavy atom. The van der Waals surface area contributed by atoms with Crippen molar-refractivity contribution in [3.8, 4) is 0 Å². The fourth-order valence-electron chi connectivity index (χ4n) is 2.57. The number of aryl methyl sites for hydroxylation is 1. The maximum Gasteiger partial charge on any atom is 0.107 e. The molecule has 2 bridgehead atoms. The molecule has 2 nitrogen and oxygen atoms in total. The standard InChI is InChI=1S/C12H14ClNO/c1-8-4-9(2-3-11(8)13)12-5-10(6-15-12)14-7-12/h2-4,10,14H,5-7H2,1H3. The molecule has 0 amide bonds. The summed E-state index contributed by atoms with van der Waals surface area (Å²) in [6.45, 7) is 3.80. The lowest BCUT2D eigenvalue weighted by Crippen LogP contribution is -2.37. The van der Waals surface area contributed by atoms with E-state index in [4.69, 9.17) is 16.3 Å². The minimum atomic E-state index is -0.0833. The number of rotatable bonds is 1. The van der Waals surface area contributed by atoms with Crippen LogP contribution in [0.3, 0.4) is 0 Å². The van der Waals surface area contributed by atoms with Gasteiger partial charge in [-0.05, 0) is 30.5 Å². The largest absolute Gasteiger partial charge is 0.367 e. The highest BCUT2D eigenvalue weighted by atomic mass is 35.5. The molecule has 2 saturated heterocycles. The molecule has 0 aliphatic carbocycles. The molecule has 0 radical (unpaired) electrons. The number of ether oxygens (including phenoxy) is 1. The Morgan fingerprint density at radius 2 is 2.40 bits per heavy atom. The summed E-state index contributed by atoms with van der Waals surface area (Å²) >= 11 is 6.03. The van der Waals surface area contributed by atoms with Crippen molar-refractivity contribution >= 4 is 11.6 Å². The van der Waals surface area contributed by atoms with E-state index >= 15 is 0 Å². The Kier molecular flexibility index (Phi) is 2.06. The van der Waals surface area contributed by atoms with Crippen LogP contribution in [0.1, 0.15) is 17.5 Å². The summed E-state index contributed by atoms with van der Waals surface area (Å²) in [4.78, 5) is 0. The van der Waals surface area contributed by atoms with E-state index in [0.29, 0.717) is 6.04 Å². The highest BCUT2D eigenvalue weighted by molar-refractivity contribution is 6.31. The molecule has 15 heavy (non-hydrogen) atoms. The summed E-state index contributed by atoms with van der Waals surface area (Å²) in [5, 5.41) is 4.30. The summed E-state index contributed by atoms with van der Waals surface area (Å²) < 4.78 is 5.91. The quantitative estimate of drug-likeness (QED) is 0.789. The monoisotopic (exact) mass is 223 g/mol. The van der Waals surface area contributed by atoms with E-state index in [1.807, 2.05) is 13.0 Å². The van der Waals surface area contributed by atoms with Crippen LogP contribution in [0, 0.1) is 6.92 Å². The van der Waals surface area contributed by atoms with Crippen LogP contribution in [-0.4, -0.2) is 19.2 Å². The van der Waals surface area contributed by atoms with Gasteiger partial charge in [0.2, 0.25) is 0 Å². The molecule has 2 atom stereocenters. The minimum Gasteiger partial charge on any atom is -0.367 e. The third kappa shape index (κ3) is 1.40. The van der Waals surface area contributed by atoms with Crippen LogP contribution in [0.5, 0.6) is 0 Å². The Hall–Kier alpha value is -0.570. The van der Waals surface area contributed by atoms with Gasteiger partial charge in [-0.3, -0.25) is 0 Å². The van der Waals surface area contributed by atoms with Crippen LogP contribution < -0.4 is 5.32 Å². The molecule has 3 heteroatoms. The molecule has 3 rings (SSSR count). The molecule has 2 heterocycles. The van der Waals surface area contributed by atoms with Crippen LogP contribution in [0.2, 0.25) is 5.02 Å². The summed E-state index contributed by atoms with van der Waals surface area (Å²) in [7, 11) is 0. The van der Waals surface area contributed by atoms with Crippen LogP contribution >= 0.6 is 11.6 Å². The predicted molar refractivity (Wildman–Crippen MR) is 60.2 cm³/mol. The lowest BCUT2D eigenvalue weighted by molar-refractivity contribution is -0.00961. The normalized spacial score (nSPS) is 33.6. The summed E-state index contributed by atoms with van der Waals surface area (Å²) in [6.07, 6.45) is 1.09. The maximum atomic E-state index is 6.03. The van der Waals surface area contributed by atoms with Crippen molar-refractivity contribution in [3.05, 3.63) is 34.3 Å². The van der Waals surface area contributed by atoms with Gasteiger partial charge >= 0.3 is 0 Å². The summed E-state index contributed by atoms with van der Waals surface area (Å²) in [5.74, 6) is 0. The number of hydrogen-bond donors (Lipinski definition) is 1. The zero-order valence-electron chi connectivity index (χ0n) is 8.72. The van der Waals surface area contributed by atoms with E-state index in [9.17, 15) is 0 Å². The first-order chi connectivity index (χ1) is 7.20. The van der Waals surface area contributed by atoms with Crippen LogP contribution in [-0.2, 0) is 10.3 Å². The zero-order chi connectivity index (χ0) is 10.5. The first-order valence-electron chi connectivity index (χ1n) is 5.34. The van der Waals surface area contributed by atoms with Gasteiger partial charge in [-0.2, -0.15) is 0 Å². The average Bonchev–Trinajstić information content (AvgIpc) is 2.83. The van der Waals surface area contributed by atoms with Gasteiger partial charge in [-0.25, -0.2) is 0 Å². The molecule has 1 aromatic carbocycles. The topological polar surface area (TPSA) is 21.3 Å². The molecule has 1 N–H and O–H groups in total. The van der Waals surface area contributed by atoms with Gasteiger partial charge in [0, 0.05) is 17.6 Å². The summed E-state index contributed by atoms with van der Waals surface area (Å²) in [6, 6.07) is 6.75. The van der Waals surface area contributed by atoms with E-state index in [-0.39, 0.29) is 5.60 Å². The lowest BCUT2D eigenvalue weighted by atomic mass is 9.92. The van der Waals surface area contributed by atoms with Crippen molar-refractivity contribution in [2.45, 2.75) is 25.0 Å². The number of morpholine rings is 1. The first-order valence-corrected chi connectivity index (χ1v) is 5.71. The molecule has 0 aromatic heterocycles. The highest BCUT2D eigenvalue weighted by Crippen LogP contribution is 2.40. The van der Waals surface area contributed by atoms with Crippen LogP contribution in [0.15, 0.2) is 18.2 Å². The molecule has 80 valence electrons. The smallest absolute Gasteiger partial charge is 0.107 e. The molecule has 1 aromatic rings. The lowest BCUT2D eigenvalue weighted by Gasteiger charge is -2.27. The second-order valence-corrected chi connectivity index (χ2v) is 4.96. The van der Waals surface area contributed by atoms with Gasteiger partial charge in [0.25, 0.3) is 0 Å². The fourth-order valence-corrected chi connectivity index (χ4v) is 2.69. The van der Waals surface area contributed by atoms with Gasteiger partial charge in [0.15, 0.2) is 0 Å². The average molecular weight is 224 g/mol. The summed E-state index contributed by atoms with van der Waals surface area (Å²) in [5.41, 5.74) is 2.31. The molecule has 2 aliphatic rings. The number of benzene rings is 1. The molecule has 2 fully saturated rings. The zero-order valence-corrected chi connectivity index (χ0v) is 9.47. The second kappa shape index (κ2) is 3.21. The van der Waals surface area contributed by atoms with Gasteiger partial charge < -0.3 is 10.1 Å². The van der Waals surface area contributed by atoms with Gasteiger partial charge in [-0.15, -0.1) is 0 Å². The minimum absolute atomic E-state index is 0.0833. The first kappa shape index (κ1) is 9.64. The third-order valence-corrected chi connectivity index (χ3v) is 3.92. The van der Waals surface area contributed by atoms with Crippen molar-refractivity contribution in [1.29, 1.82) is 0 Å².